The Bertz CT molecular complexity index is 628. The van der Waals surface area contributed by atoms with E-state index in [1.54, 1.807) is 11.4 Å². The molecule has 0 atom stereocenters. The first kappa shape index (κ1) is 11.6. The number of halogens is 1. The summed E-state index contributed by atoms with van der Waals surface area (Å²) in [6.07, 6.45) is 0. The second-order valence-corrected chi connectivity index (χ2v) is 4.43. The van der Waals surface area contributed by atoms with Crippen molar-refractivity contribution < 1.29 is 0 Å². The molecule has 2 N–H and O–H groups in total. The average molecular weight is 267 g/mol. The van der Waals surface area contributed by atoms with E-state index in [2.05, 4.69) is 15.3 Å². The Hall–Kier alpha value is -1.84. The van der Waals surface area contributed by atoms with Gasteiger partial charge in [0, 0.05) is 11.1 Å². The summed E-state index contributed by atoms with van der Waals surface area (Å²) in [4.78, 5) is 17.5. The minimum absolute atomic E-state index is 0.0985. The summed E-state index contributed by atoms with van der Waals surface area (Å²) in [6.45, 7) is 0.428. The van der Waals surface area contributed by atoms with Crippen molar-refractivity contribution in [2.75, 3.05) is 5.32 Å². The first-order chi connectivity index (χ1) is 8.17. The molecule has 0 aliphatic rings. The molecule has 2 aromatic heterocycles. The third-order valence-corrected chi connectivity index (χ3v) is 2.87. The van der Waals surface area contributed by atoms with Gasteiger partial charge in [0.1, 0.15) is 11.0 Å². The molecule has 0 spiro atoms. The van der Waals surface area contributed by atoms with Gasteiger partial charge in [-0.2, -0.15) is 5.26 Å². The van der Waals surface area contributed by atoms with E-state index in [0.29, 0.717) is 17.9 Å². The van der Waals surface area contributed by atoms with E-state index < -0.39 is 0 Å². The largest absolute Gasteiger partial charge is 0.364 e. The molecule has 2 heterocycles. The van der Waals surface area contributed by atoms with Gasteiger partial charge in [0.15, 0.2) is 0 Å². The fourth-order valence-corrected chi connectivity index (χ4v) is 2.03. The Balaban J connectivity index is 2.11. The number of hydrogen-bond acceptors (Lipinski definition) is 5. The van der Waals surface area contributed by atoms with Crippen LogP contribution in [0.1, 0.15) is 11.3 Å². The molecule has 86 valence electrons. The second-order valence-electron chi connectivity index (χ2n) is 3.20. The first-order valence-electron chi connectivity index (χ1n) is 4.65. The van der Waals surface area contributed by atoms with Crippen LogP contribution in [0.2, 0.25) is 5.15 Å². The van der Waals surface area contributed by atoms with Crippen molar-refractivity contribution in [2.24, 2.45) is 0 Å². The minimum Gasteiger partial charge on any atom is -0.364 e. The van der Waals surface area contributed by atoms with E-state index in [4.69, 9.17) is 16.9 Å². The zero-order chi connectivity index (χ0) is 12.3. The normalized spacial score (nSPS) is 9.88. The highest BCUT2D eigenvalue weighted by molar-refractivity contribution is 7.07. The quantitative estimate of drug-likeness (QED) is 0.832. The van der Waals surface area contributed by atoms with E-state index >= 15 is 0 Å². The van der Waals surface area contributed by atoms with Crippen LogP contribution >= 0.6 is 22.9 Å². The van der Waals surface area contributed by atoms with Crippen molar-refractivity contribution in [3.8, 4) is 6.07 Å². The van der Waals surface area contributed by atoms with E-state index in [0.717, 1.165) is 17.0 Å². The van der Waals surface area contributed by atoms with Crippen molar-refractivity contribution in [1.82, 2.24) is 9.97 Å². The zero-order valence-corrected chi connectivity index (χ0v) is 10.1. The molecular formula is C10H7ClN4OS. The molecule has 0 aliphatic heterocycles. The summed E-state index contributed by atoms with van der Waals surface area (Å²) in [5.41, 5.74) is 1.20. The van der Waals surface area contributed by atoms with Gasteiger partial charge in [-0.25, -0.2) is 4.98 Å². The molecule has 0 unspecified atom stereocenters. The summed E-state index contributed by atoms with van der Waals surface area (Å²) in [7, 11) is 0. The molecule has 5 nitrogen and oxygen atoms in total. The molecule has 0 aliphatic carbocycles. The van der Waals surface area contributed by atoms with Gasteiger partial charge in [0.2, 0.25) is 0 Å². The molecule has 2 rings (SSSR count). The zero-order valence-electron chi connectivity index (χ0n) is 8.53. The summed E-state index contributed by atoms with van der Waals surface area (Å²) < 4.78 is 0. The lowest BCUT2D eigenvalue weighted by Crippen LogP contribution is -2.04. The van der Waals surface area contributed by atoms with Crippen LogP contribution in [0.15, 0.2) is 22.3 Å². The van der Waals surface area contributed by atoms with Crippen molar-refractivity contribution in [1.29, 1.82) is 5.26 Å². The van der Waals surface area contributed by atoms with Crippen LogP contribution in [-0.4, -0.2) is 9.97 Å². The van der Waals surface area contributed by atoms with Gasteiger partial charge in [0.05, 0.1) is 18.2 Å². The summed E-state index contributed by atoms with van der Waals surface area (Å²) >= 11 is 6.86. The Morgan fingerprint density at radius 2 is 2.41 bits per heavy atom. The smallest absolute Gasteiger partial charge is 0.304 e. The number of nitrogens with zero attached hydrogens (tertiary/aromatic N) is 2. The van der Waals surface area contributed by atoms with Crippen LogP contribution in [0.5, 0.6) is 0 Å². The predicted octanol–water partition coefficient (Wildman–Crippen LogP) is 1.97. The monoisotopic (exact) mass is 266 g/mol. The molecule has 17 heavy (non-hydrogen) atoms. The first-order valence-corrected chi connectivity index (χ1v) is 5.91. The number of nitriles is 1. The summed E-state index contributed by atoms with van der Waals surface area (Å²) in [6, 6.07) is 5.07. The fraction of sp³-hybridized carbons (Fsp3) is 0.100. The fourth-order valence-electron chi connectivity index (χ4n) is 1.24. The molecule has 0 radical (unpaired) electrons. The Labute approximate surface area is 106 Å². The number of aromatic amines is 1. The highest BCUT2D eigenvalue weighted by atomic mass is 35.5. The van der Waals surface area contributed by atoms with Gasteiger partial charge < -0.3 is 10.3 Å². The van der Waals surface area contributed by atoms with Crippen molar-refractivity contribution in [2.45, 2.75) is 6.54 Å². The molecule has 0 bridgehead atoms. The third kappa shape index (κ3) is 3.06. The Kier molecular flexibility index (Phi) is 3.42. The SMILES string of the molecule is N#Cc1cc(Cl)nc(NCc2csc(=O)[nH]2)c1. The number of pyridine rings is 1. The number of nitrogens with one attached hydrogen (secondary N) is 2. The molecule has 7 heteroatoms. The van der Waals surface area contributed by atoms with E-state index in [1.165, 1.54) is 6.07 Å². The van der Waals surface area contributed by atoms with E-state index in [1.807, 2.05) is 6.07 Å². The lowest BCUT2D eigenvalue weighted by atomic mass is 10.3. The lowest BCUT2D eigenvalue weighted by Gasteiger charge is -2.04. The Morgan fingerprint density at radius 1 is 1.59 bits per heavy atom. The van der Waals surface area contributed by atoms with Crippen LogP contribution in [0.4, 0.5) is 5.82 Å². The minimum atomic E-state index is -0.0985. The van der Waals surface area contributed by atoms with Crippen molar-refractivity contribution in [3.63, 3.8) is 0 Å². The van der Waals surface area contributed by atoms with Crippen molar-refractivity contribution in [3.05, 3.63) is 43.6 Å². The van der Waals surface area contributed by atoms with Crippen LogP contribution in [0.3, 0.4) is 0 Å². The third-order valence-electron chi connectivity index (χ3n) is 1.95. The highest BCUT2D eigenvalue weighted by Crippen LogP contribution is 2.14. The predicted molar refractivity (Wildman–Crippen MR) is 66.2 cm³/mol. The molecule has 0 saturated heterocycles. The number of H-pyrrole nitrogens is 1. The van der Waals surface area contributed by atoms with Crippen molar-refractivity contribution >= 4 is 28.8 Å². The van der Waals surface area contributed by atoms with Gasteiger partial charge in [-0.3, -0.25) is 4.79 Å². The van der Waals surface area contributed by atoms with Gasteiger partial charge >= 0.3 is 4.87 Å². The standard InChI is InChI=1S/C10H7ClN4OS/c11-8-1-6(3-12)2-9(15-8)13-4-7-5-17-10(16)14-7/h1-2,5H,4H2,(H,13,15)(H,14,16). The Morgan fingerprint density at radius 3 is 3.06 bits per heavy atom. The summed E-state index contributed by atoms with van der Waals surface area (Å²) in [5.74, 6) is 0.501. The summed E-state index contributed by atoms with van der Waals surface area (Å²) in [5, 5.41) is 13.7. The van der Waals surface area contributed by atoms with Gasteiger partial charge in [0.25, 0.3) is 0 Å². The van der Waals surface area contributed by atoms with Crippen LogP contribution < -0.4 is 10.2 Å². The highest BCUT2D eigenvalue weighted by Gasteiger charge is 2.02. The molecule has 0 amide bonds. The number of rotatable bonds is 3. The molecular weight excluding hydrogens is 260 g/mol. The topological polar surface area (TPSA) is 81.6 Å². The number of thiazole rings is 1. The average Bonchev–Trinajstić information content (AvgIpc) is 2.72. The second kappa shape index (κ2) is 4.99. The maximum atomic E-state index is 10.9. The van der Waals surface area contributed by atoms with Crippen LogP contribution in [0.25, 0.3) is 0 Å². The van der Waals surface area contributed by atoms with Gasteiger partial charge in [-0.1, -0.05) is 22.9 Å². The number of hydrogen-bond donors (Lipinski definition) is 2. The molecule has 0 saturated carbocycles. The number of anilines is 1. The van der Waals surface area contributed by atoms with Crippen LogP contribution in [0, 0.1) is 11.3 Å². The molecule has 2 aromatic rings. The van der Waals surface area contributed by atoms with Gasteiger partial charge in [-0.15, -0.1) is 0 Å². The maximum Gasteiger partial charge on any atom is 0.304 e. The number of aromatic nitrogens is 2. The van der Waals surface area contributed by atoms with Gasteiger partial charge in [-0.05, 0) is 12.1 Å². The molecule has 0 aromatic carbocycles. The molecule has 0 fully saturated rings. The van der Waals surface area contributed by atoms with Crippen LogP contribution in [-0.2, 0) is 6.54 Å². The van der Waals surface area contributed by atoms with E-state index in [-0.39, 0.29) is 10.0 Å². The maximum absolute atomic E-state index is 10.9. The lowest BCUT2D eigenvalue weighted by molar-refractivity contribution is 1.04. The van der Waals surface area contributed by atoms with E-state index in [9.17, 15) is 4.79 Å².